The van der Waals surface area contributed by atoms with Gasteiger partial charge in [-0.25, -0.2) is 4.98 Å². The molecule has 3 heteroatoms. The normalized spacial score (nSPS) is 9.20. The van der Waals surface area contributed by atoms with Crippen molar-refractivity contribution in [2.45, 2.75) is 0 Å². The fraction of sp³-hybridized carbons (Fsp3) is 0. The Balaban J connectivity index is 0.000000500. The maximum absolute atomic E-state index is 3.96. The summed E-state index contributed by atoms with van der Waals surface area (Å²) in [5, 5.41) is 0. The molecule has 0 saturated heterocycles. The number of nitrogens with zero attached hydrogens (tertiary/aromatic N) is 2. The van der Waals surface area contributed by atoms with Crippen molar-refractivity contribution in [2.75, 3.05) is 0 Å². The third-order valence-electron chi connectivity index (χ3n) is 1.32. The van der Waals surface area contributed by atoms with Crippen LogP contribution in [0.1, 0.15) is 0 Å². The van der Waals surface area contributed by atoms with E-state index < -0.39 is 0 Å². The molecule has 0 bridgehead atoms. The Morgan fingerprint density at radius 3 is 3.00 bits per heavy atom. The zero-order chi connectivity index (χ0) is 6.10. The molecule has 0 N–H and O–H groups in total. The van der Waals surface area contributed by atoms with Crippen LogP contribution in [0.4, 0.5) is 0 Å². The van der Waals surface area contributed by atoms with E-state index in [9.17, 15) is 0 Å². The van der Waals surface area contributed by atoms with Crippen molar-refractivity contribution in [3.63, 3.8) is 0 Å². The Kier molecular flexibility index (Phi) is 2.23. The first kappa shape index (κ1) is 7.48. The molecule has 2 aromatic rings. The van der Waals surface area contributed by atoms with Crippen molar-refractivity contribution < 1.29 is 21.1 Å². The molecule has 2 aromatic heterocycles. The second kappa shape index (κ2) is 2.98. The summed E-state index contributed by atoms with van der Waals surface area (Å²) in [5.41, 5.74) is 1.14. The van der Waals surface area contributed by atoms with Crippen molar-refractivity contribution in [3.8, 4) is 0 Å². The number of pyridine rings is 1. The van der Waals surface area contributed by atoms with Crippen molar-refractivity contribution >= 4 is 5.52 Å². The van der Waals surface area contributed by atoms with Gasteiger partial charge in [-0.15, -0.1) is 0 Å². The van der Waals surface area contributed by atoms with Crippen LogP contribution in [0.3, 0.4) is 0 Å². The van der Waals surface area contributed by atoms with E-state index in [-0.39, 0.29) is 21.1 Å². The van der Waals surface area contributed by atoms with Gasteiger partial charge in [-0.3, -0.25) is 0 Å². The molecule has 0 atom stereocenters. The van der Waals surface area contributed by atoms with E-state index in [4.69, 9.17) is 0 Å². The standard InChI is InChI=1S/C7H6N2.Pt/c1-2-4-9-6-8-5-7(9)3-1;/h1-6H;/q;+2. The average Bonchev–Trinajstić information content (AvgIpc) is 2.33. The molecular formula is C7H6N2Pt+2. The molecule has 0 aliphatic carbocycles. The van der Waals surface area contributed by atoms with E-state index in [0.29, 0.717) is 0 Å². The Morgan fingerprint density at radius 2 is 2.20 bits per heavy atom. The van der Waals surface area contributed by atoms with Crippen molar-refractivity contribution in [1.29, 1.82) is 0 Å². The first-order valence-corrected chi connectivity index (χ1v) is 2.83. The van der Waals surface area contributed by atoms with Crippen LogP contribution in [-0.4, -0.2) is 9.38 Å². The molecule has 0 aliphatic rings. The van der Waals surface area contributed by atoms with Crippen LogP contribution in [0.15, 0.2) is 36.9 Å². The number of hydrogen-bond acceptors (Lipinski definition) is 1. The number of fused-ring (bicyclic) bond motifs is 1. The monoisotopic (exact) mass is 313 g/mol. The van der Waals surface area contributed by atoms with Gasteiger partial charge >= 0.3 is 21.1 Å². The molecule has 0 radical (unpaired) electrons. The molecular weight excluding hydrogens is 307 g/mol. The first-order chi connectivity index (χ1) is 4.47. The SMILES string of the molecule is [Pt+2].c1ccn2cncc2c1. The summed E-state index contributed by atoms with van der Waals surface area (Å²) in [7, 11) is 0. The van der Waals surface area contributed by atoms with Gasteiger partial charge in [-0.1, -0.05) is 6.07 Å². The Bertz CT molecular complexity index is 286. The molecule has 0 aliphatic heterocycles. The number of aromatic nitrogens is 2. The van der Waals surface area contributed by atoms with Crippen LogP contribution in [0.2, 0.25) is 0 Å². The van der Waals surface area contributed by atoms with Crippen LogP contribution < -0.4 is 0 Å². The van der Waals surface area contributed by atoms with Gasteiger partial charge in [-0.2, -0.15) is 0 Å². The number of imidazole rings is 1. The maximum atomic E-state index is 3.96. The van der Waals surface area contributed by atoms with E-state index in [1.807, 2.05) is 35.0 Å². The summed E-state index contributed by atoms with van der Waals surface area (Å²) < 4.78 is 1.97. The zero-order valence-corrected chi connectivity index (χ0v) is 7.45. The van der Waals surface area contributed by atoms with Gasteiger partial charge in [0.1, 0.15) is 0 Å². The fourth-order valence-corrected chi connectivity index (χ4v) is 0.865. The molecule has 52 valence electrons. The summed E-state index contributed by atoms with van der Waals surface area (Å²) >= 11 is 0. The third-order valence-corrected chi connectivity index (χ3v) is 1.32. The zero-order valence-electron chi connectivity index (χ0n) is 5.17. The Labute approximate surface area is 73.2 Å². The summed E-state index contributed by atoms with van der Waals surface area (Å²) in [6.45, 7) is 0. The predicted octanol–water partition coefficient (Wildman–Crippen LogP) is 1.33. The molecule has 0 spiro atoms. The van der Waals surface area contributed by atoms with Gasteiger partial charge in [0.25, 0.3) is 0 Å². The van der Waals surface area contributed by atoms with Gasteiger partial charge in [0.05, 0.1) is 18.0 Å². The molecule has 2 heterocycles. The smallest absolute Gasteiger partial charge is 0.306 e. The summed E-state index contributed by atoms with van der Waals surface area (Å²) in [5.74, 6) is 0. The summed E-state index contributed by atoms with van der Waals surface area (Å²) in [4.78, 5) is 3.96. The topological polar surface area (TPSA) is 17.3 Å². The Morgan fingerprint density at radius 1 is 1.30 bits per heavy atom. The molecule has 2 nitrogen and oxygen atoms in total. The van der Waals surface area contributed by atoms with Gasteiger partial charge in [0.15, 0.2) is 0 Å². The molecule has 10 heavy (non-hydrogen) atoms. The quantitative estimate of drug-likeness (QED) is 0.717. The minimum absolute atomic E-state index is 0. The summed E-state index contributed by atoms with van der Waals surface area (Å²) in [6, 6.07) is 6.00. The molecule has 0 saturated carbocycles. The van der Waals surface area contributed by atoms with Crippen LogP contribution in [0.25, 0.3) is 5.52 Å². The minimum atomic E-state index is 0. The maximum Gasteiger partial charge on any atom is 2.00 e. The second-order valence-corrected chi connectivity index (χ2v) is 1.93. The van der Waals surface area contributed by atoms with Crippen LogP contribution in [0, 0.1) is 0 Å². The van der Waals surface area contributed by atoms with Crippen molar-refractivity contribution in [2.24, 2.45) is 0 Å². The van der Waals surface area contributed by atoms with Crippen molar-refractivity contribution in [1.82, 2.24) is 9.38 Å². The molecule has 2 rings (SSSR count). The van der Waals surface area contributed by atoms with E-state index in [0.717, 1.165) is 5.52 Å². The number of hydrogen-bond donors (Lipinski definition) is 0. The van der Waals surface area contributed by atoms with Gasteiger partial charge in [0, 0.05) is 6.20 Å². The molecule has 0 amide bonds. The molecule has 0 unspecified atom stereocenters. The van der Waals surface area contributed by atoms with Gasteiger partial charge in [0.2, 0.25) is 0 Å². The third kappa shape index (κ3) is 1.12. The second-order valence-electron chi connectivity index (χ2n) is 1.93. The Hall–Kier alpha value is -0.622. The average molecular weight is 313 g/mol. The van der Waals surface area contributed by atoms with Crippen LogP contribution in [0.5, 0.6) is 0 Å². The minimum Gasteiger partial charge on any atom is -0.306 e. The van der Waals surface area contributed by atoms with E-state index in [2.05, 4.69) is 4.98 Å². The predicted molar refractivity (Wildman–Crippen MR) is 35.2 cm³/mol. The van der Waals surface area contributed by atoms with Gasteiger partial charge < -0.3 is 4.40 Å². The van der Waals surface area contributed by atoms with E-state index in [1.54, 1.807) is 6.33 Å². The van der Waals surface area contributed by atoms with Crippen LogP contribution >= 0.6 is 0 Å². The fourth-order valence-electron chi connectivity index (χ4n) is 0.865. The molecule has 0 aromatic carbocycles. The van der Waals surface area contributed by atoms with Crippen LogP contribution in [-0.2, 0) is 21.1 Å². The largest absolute Gasteiger partial charge is 2.00 e. The van der Waals surface area contributed by atoms with Gasteiger partial charge in [-0.05, 0) is 12.1 Å². The summed E-state index contributed by atoms with van der Waals surface area (Å²) in [6.07, 6.45) is 5.59. The first-order valence-electron chi connectivity index (χ1n) is 2.83. The number of rotatable bonds is 0. The van der Waals surface area contributed by atoms with E-state index >= 15 is 0 Å². The van der Waals surface area contributed by atoms with Crippen molar-refractivity contribution in [3.05, 3.63) is 36.9 Å². The van der Waals surface area contributed by atoms with E-state index in [1.165, 1.54) is 0 Å². The molecule has 0 fully saturated rings.